The van der Waals surface area contributed by atoms with Gasteiger partial charge in [-0.2, -0.15) is 5.10 Å². The topological polar surface area (TPSA) is 59.8 Å². The van der Waals surface area contributed by atoms with Crippen LogP contribution < -0.4 is 10.7 Å². The third-order valence-corrected chi connectivity index (χ3v) is 5.33. The molecule has 152 valence electrons. The molecule has 0 atom stereocenters. The van der Waals surface area contributed by atoms with E-state index in [-0.39, 0.29) is 11.2 Å². The lowest BCUT2D eigenvalue weighted by molar-refractivity contribution is 0.627. The maximum atomic E-state index is 13.4. The molecule has 0 spiro atoms. The van der Waals surface area contributed by atoms with E-state index in [0.717, 1.165) is 27.8 Å². The Kier molecular flexibility index (Phi) is 4.67. The highest BCUT2D eigenvalue weighted by atomic mass is 19.1. The fraction of sp³-hybridized carbons (Fsp3) is 0.0800. The first-order chi connectivity index (χ1) is 15.1. The minimum atomic E-state index is -0.260. The average molecular weight is 410 g/mol. The van der Waals surface area contributed by atoms with Crippen molar-refractivity contribution in [3.63, 3.8) is 0 Å². The minimum absolute atomic E-state index is 0.0707. The summed E-state index contributed by atoms with van der Waals surface area (Å²) in [5.74, 6) is -0.260. The number of pyridine rings is 1. The largest absolute Gasteiger partial charge is 0.381 e. The van der Waals surface area contributed by atoms with Gasteiger partial charge in [0.1, 0.15) is 5.82 Å². The van der Waals surface area contributed by atoms with Crippen molar-refractivity contribution in [2.24, 2.45) is 7.05 Å². The molecule has 31 heavy (non-hydrogen) atoms. The fourth-order valence-electron chi connectivity index (χ4n) is 3.65. The first kappa shape index (κ1) is 18.9. The smallest absolute Gasteiger partial charge is 0.195 e. The van der Waals surface area contributed by atoms with Crippen molar-refractivity contribution >= 4 is 27.4 Å². The van der Waals surface area contributed by atoms with E-state index in [1.54, 1.807) is 29.2 Å². The summed E-state index contributed by atoms with van der Waals surface area (Å²) in [6, 6.07) is 17.7. The molecule has 0 aliphatic rings. The van der Waals surface area contributed by atoms with Gasteiger partial charge in [0.05, 0.1) is 11.7 Å². The summed E-state index contributed by atoms with van der Waals surface area (Å²) in [7, 11) is 1.85. The molecule has 1 N–H and O–H groups in total. The van der Waals surface area contributed by atoms with Crippen LogP contribution in [0.5, 0.6) is 0 Å². The van der Waals surface area contributed by atoms with Crippen LogP contribution in [0.25, 0.3) is 32.8 Å². The highest BCUT2D eigenvalue weighted by Gasteiger charge is 2.08. The van der Waals surface area contributed by atoms with Crippen molar-refractivity contribution in [3.05, 3.63) is 101 Å². The zero-order valence-corrected chi connectivity index (χ0v) is 16.8. The molecule has 0 aliphatic heterocycles. The van der Waals surface area contributed by atoms with Crippen LogP contribution in [0.2, 0.25) is 0 Å². The SMILES string of the molecule is Cn1cc(-c2cnc3ccc4ccc(NCc5ccc(F)cc5)cc4c(=O)c3c2)cn1. The van der Waals surface area contributed by atoms with Crippen LogP contribution in [0, 0.1) is 5.82 Å². The zero-order valence-electron chi connectivity index (χ0n) is 16.8. The highest BCUT2D eigenvalue weighted by molar-refractivity contribution is 5.94. The molecule has 2 heterocycles. The summed E-state index contributed by atoms with van der Waals surface area (Å²) in [6.45, 7) is 0.534. The molecule has 5 rings (SSSR count). The van der Waals surface area contributed by atoms with Crippen LogP contribution in [0.3, 0.4) is 0 Å². The molecule has 6 heteroatoms. The number of anilines is 1. The number of aromatic nitrogens is 3. The third-order valence-electron chi connectivity index (χ3n) is 5.33. The van der Waals surface area contributed by atoms with Gasteiger partial charge in [0, 0.05) is 53.6 Å². The van der Waals surface area contributed by atoms with E-state index >= 15 is 0 Å². The second-order valence-corrected chi connectivity index (χ2v) is 7.50. The molecule has 3 aromatic carbocycles. The molecule has 0 unspecified atom stereocenters. The Hall–Kier alpha value is -4.06. The number of rotatable bonds is 4. The third kappa shape index (κ3) is 3.75. The number of aryl methyl sites for hydroxylation is 1. The molecular formula is C25H19FN4O. The van der Waals surface area contributed by atoms with Gasteiger partial charge in [-0.1, -0.05) is 24.3 Å². The molecule has 0 saturated heterocycles. The quantitative estimate of drug-likeness (QED) is 0.458. The second kappa shape index (κ2) is 7.65. The number of nitrogens with zero attached hydrogens (tertiary/aromatic N) is 3. The fourth-order valence-corrected chi connectivity index (χ4v) is 3.65. The predicted octanol–water partition coefficient (Wildman–Crippen LogP) is 4.90. The minimum Gasteiger partial charge on any atom is -0.381 e. The van der Waals surface area contributed by atoms with Gasteiger partial charge in [0.2, 0.25) is 0 Å². The monoisotopic (exact) mass is 410 g/mol. The van der Waals surface area contributed by atoms with Gasteiger partial charge in [-0.25, -0.2) is 4.39 Å². The number of fused-ring (bicyclic) bond motifs is 2. The maximum Gasteiger partial charge on any atom is 0.195 e. The van der Waals surface area contributed by atoms with Crippen molar-refractivity contribution in [3.8, 4) is 11.1 Å². The molecule has 2 aromatic heterocycles. The standard InChI is InChI=1S/C25H19FN4O/c1-30-15-19(14-29-30)18-10-23-24(28-13-18)9-5-17-4-8-21(11-22(17)25(23)31)27-12-16-2-6-20(26)7-3-16/h2-11,13-15,27H,12H2,1H3. The molecule has 0 saturated carbocycles. The van der Waals surface area contributed by atoms with Crippen LogP contribution in [-0.2, 0) is 13.6 Å². The van der Waals surface area contributed by atoms with Crippen LogP contribution in [0.15, 0.2) is 84.0 Å². The number of hydrogen-bond donors (Lipinski definition) is 1. The lowest BCUT2D eigenvalue weighted by Crippen LogP contribution is -2.02. The molecule has 0 fully saturated rings. The van der Waals surface area contributed by atoms with E-state index in [1.807, 2.05) is 49.6 Å². The van der Waals surface area contributed by atoms with E-state index in [9.17, 15) is 9.18 Å². The molecule has 0 aliphatic carbocycles. The summed E-state index contributed by atoms with van der Waals surface area (Å²) in [5.41, 5.74) is 4.12. The molecule has 5 aromatic rings. The first-order valence-electron chi connectivity index (χ1n) is 9.91. The summed E-state index contributed by atoms with van der Waals surface area (Å²) < 4.78 is 14.8. The Morgan fingerprint density at radius 1 is 0.935 bits per heavy atom. The maximum absolute atomic E-state index is 13.4. The number of hydrogen-bond acceptors (Lipinski definition) is 4. The molecule has 0 amide bonds. The molecule has 0 radical (unpaired) electrons. The Labute approximate surface area is 177 Å². The summed E-state index contributed by atoms with van der Waals surface area (Å²) in [4.78, 5) is 17.9. The van der Waals surface area contributed by atoms with Crippen molar-refractivity contribution in [1.82, 2.24) is 14.8 Å². The van der Waals surface area contributed by atoms with Gasteiger partial charge in [0.15, 0.2) is 5.43 Å². The van der Waals surface area contributed by atoms with Gasteiger partial charge >= 0.3 is 0 Å². The predicted molar refractivity (Wildman–Crippen MR) is 121 cm³/mol. The lowest BCUT2D eigenvalue weighted by atomic mass is 10.1. The van der Waals surface area contributed by atoms with Crippen molar-refractivity contribution in [2.45, 2.75) is 6.54 Å². The van der Waals surface area contributed by atoms with Crippen LogP contribution in [0.4, 0.5) is 10.1 Å². The van der Waals surface area contributed by atoms with Crippen LogP contribution in [0.1, 0.15) is 5.56 Å². The van der Waals surface area contributed by atoms with Crippen LogP contribution >= 0.6 is 0 Å². The van der Waals surface area contributed by atoms with Gasteiger partial charge in [-0.05, 0) is 47.3 Å². The Bertz CT molecular complexity index is 1480. The van der Waals surface area contributed by atoms with Gasteiger partial charge < -0.3 is 5.32 Å². The summed E-state index contributed by atoms with van der Waals surface area (Å²) in [5, 5.41) is 9.53. The van der Waals surface area contributed by atoms with E-state index in [4.69, 9.17) is 0 Å². The second-order valence-electron chi connectivity index (χ2n) is 7.50. The Morgan fingerprint density at radius 2 is 1.74 bits per heavy atom. The summed E-state index contributed by atoms with van der Waals surface area (Å²) in [6.07, 6.45) is 5.41. The first-order valence-corrected chi connectivity index (χ1v) is 9.91. The van der Waals surface area contributed by atoms with E-state index in [1.165, 1.54) is 12.1 Å². The number of nitrogens with one attached hydrogen (secondary N) is 1. The number of benzene rings is 2. The molecule has 0 bridgehead atoms. The van der Waals surface area contributed by atoms with Crippen molar-refractivity contribution in [1.29, 1.82) is 0 Å². The van der Waals surface area contributed by atoms with Gasteiger partial charge in [0.25, 0.3) is 0 Å². The number of halogens is 1. The Balaban J connectivity index is 1.57. The highest BCUT2D eigenvalue weighted by Crippen LogP contribution is 2.23. The zero-order chi connectivity index (χ0) is 21.4. The van der Waals surface area contributed by atoms with E-state index < -0.39 is 0 Å². The molecular weight excluding hydrogens is 391 g/mol. The normalized spacial score (nSPS) is 11.2. The van der Waals surface area contributed by atoms with Gasteiger partial charge in [-0.15, -0.1) is 0 Å². The van der Waals surface area contributed by atoms with Crippen LogP contribution in [-0.4, -0.2) is 14.8 Å². The van der Waals surface area contributed by atoms with Crippen molar-refractivity contribution in [2.75, 3.05) is 5.32 Å². The van der Waals surface area contributed by atoms with Gasteiger partial charge in [-0.3, -0.25) is 14.5 Å². The van der Waals surface area contributed by atoms with E-state index in [0.29, 0.717) is 22.8 Å². The Morgan fingerprint density at radius 3 is 2.52 bits per heavy atom. The lowest BCUT2D eigenvalue weighted by Gasteiger charge is -2.07. The average Bonchev–Trinajstić information content (AvgIpc) is 3.17. The van der Waals surface area contributed by atoms with Crippen molar-refractivity contribution < 1.29 is 4.39 Å². The van der Waals surface area contributed by atoms with E-state index in [2.05, 4.69) is 15.4 Å². The molecule has 5 nitrogen and oxygen atoms in total. The summed E-state index contributed by atoms with van der Waals surface area (Å²) >= 11 is 0.